The number of nitrogens with one attached hydrogen (secondary N) is 1. The molecule has 0 aliphatic rings. The molecule has 0 spiro atoms. The Morgan fingerprint density at radius 1 is 0.966 bits per heavy atom. The van der Waals surface area contributed by atoms with Crippen LogP contribution in [0.1, 0.15) is 38.1 Å². The van der Waals surface area contributed by atoms with Gasteiger partial charge in [0.2, 0.25) is 0 Å². The maximum Gasteiger partial charge on any atom is 0.331 e. The van der Waals surface area contributed by atoms with Gasteiger partial charge in [0.15, 0.2) is 0 Å². The molecule has 0 saturated carbocycles. The molecule has 1 N–H and O–H groups in total. The molecule has 2 rings (SSSR count). The van der Waals surface area contributed by atoms with Crippen LogP contribution in [0.3, 0.4) is 0 Å². The highest BCUT2D eigenvalue weighted by atomic mass is 16.6. The Balaban J connectivity index is 2.20. The number of nitrogens with zero attached hydrogens (tertiary/aromatic N) is 3. The third-order valence-corrected chi connectivity index (χ3v) is 3.38. The molecular formula is C19H24N4O6. The Morgan fingerprint density at radius 3 is 2.07 bits per heavy atom. The zero-order valence-electron chi connectivity index (χ0n) is 17.2. The van der Waals surface area contributed by atoms with E-state index in [1.807, 2.05) is 0 Å². The lowest BCUT2D eigenvalue weighted by Crippen LogP contribution is -2.42. The minimum Gasteiger partial charge on any atom is -0.467 e. The van der Waals surface area contributed by atoms with Gasteiger partial charge < -0.3 is 24.3 Å². The van der Waals surface area contributed by atoms with Crippen LogP contribution in [0.15, 0.2) is 24.3 Å². The molecule has 0 fully saturated rings. The van der Waals surface area contributed by atoms with Crippen LogP contribution in [0.25, 0.3) is 0 Å². The summed E-state index contributed by atoms with van der Waals surface area (Å²) in [5.74, 6) is -0.889. The van der Waals surface area contributed by atoms with Gasteiger partial charge in [-0.25, -0.2) is 4.79 Å². The van der Waals surface area contributed by atoms with E-state index in [2.05, 4.69) is 20.3 Å². The summed E-state index contributed by atoms with van der Waals surface area (Å²) in [6, 6.07) is 5.46. The van der Waals surface area contributed by atoms with Gasteiger partial charge in [0.05, 0.1) is 19.8 Å². The lowest BCUT2D eigenvalue weighted by atomic mass is 10.1. The van der Waals surface area contributed by atoms with Gasteiger partial charge >= 0.3 is 24.0 Å². The average Bonchev–Trinajstić information content (AvgIpc) is 2.66. The van der Waals surface area contributed by atoms with Gasteiger partial charge in [0, 0.05) is 0 Å². The van der Waals surface area contributed by atoms with E-state index in [1.54, 1.807) is 45.0 Å². The summed E-state index contributed by atoms with van der Waals surface area (Å²) in [7, 11) is 2.77. The summed E-state index contributed by atoms with van der Waals surface area (Å²) >= 11 is 0. The van der Waals surface area contributed by atoms with Crippen LogP contribution >= 0.6 is 0 Å². The maximum absolute atomic E-state index is 12.7. The predicted octanol–water partition coefficient (Wildman–Crippen LogP) is 2.14. The van der Waals surface area contributed by atoms with E-state index in [1.165, 1.54) is 21.1 Å². The molecule has 1 aromatic heterocycles. The number of aromatic nitrogens is 3. The van der Waals surface area contributed by atoms with Gasteiger partial charge in [0.25, 0.3) is 5.91 Å². The summed E-state index contributed by atoms with van der Waals surface area (Å²) in [6.07, 6.45) is 0. The fourth-order valence-corrected chi connectivity index (χ4v) is 2.11. The largest absolute Gasteiger partial charge is 0.467 e. The van der Waals surface area contributed by atoms with Crippen molar-refractivity contribution in [2.75, 3.05) is 14.2 Å². The minimum atomic E-state index is -0.854. The molecule has 0 bridgehead atoms. The highest BCUT2D eigenvalue weighted by molar-refractivity contribution is 5.99. The number of rotatable bonds is 7. The Labute approximate surface area is 168 Å². The summed E-state index contributed by atoms with van der Waals surface area (Å²) in [6.45, 7) is 6.79. The second-order valence-corrected chi connectivity index (χ2v) is 6.92. The Morgan fingerprint density at radius 2 is 1.52 bits per heavy atom. The number of methoxy groups -OCH3 is 2. The minimum absolute atomic E-state index is 0.00710. The summed E-state index contributed by atoms with van der Waals surface area (Å²) in [5.41, 5.74) is -0.477. The zero-order chi connectivity index (χ0) is 21.6. The number of amides is 1. The van der Waals surface area contributed by atoms with Crippen molar-refractivity contribution in [2.24, 2.45) is 0 Å². The summed E-state index contributed by atoms with van der Waals surface area (Å²) in [5, 5.41) is 2.59. The number of ether oxygens (including phenoxy) is 4. The molecule has 1 heterocycles. The predicted molar refractivity (Wildman–Crippen MR) is 102 cm³/mol. The number of hydrogen-bond acceptors (Lipinski definition) is 9. The standard InChI is InChI=1S/C19H24N4O6/c1-11(15(25)29-19(2,3)4)20-14(24)12-9-7-8-10-13(12)28-18-22-16(26-5)21-17(23-18)27-6/h7-11H,1-6H3,(H,20,24). The first-order valence-corrected chi connectivity index (χ1v) is 8.77. The van der Waals surface area contributed by atoms with Crippen LogP contribution in [0, 0.1) is 0 Å². The first kappa shape index (κ1) is 21.9. The van der Waals surface area contributed by atoms with Crippen molar-refractivity contribution in [1.82, 2.24) is 20.3 Å². The number of carbonyl (C=O) groups excluding carboxylic acids is 2. The van der Waals surface area contributed by atoms with E-state index < -0.39 is 23.5 Å². The van der Waals surface area contributed by atoms with E-state index in [0.29, 0.717) is 0 Å². The second-order valence-electron chi connectivity index (χ2n) is 6.92. The number of para-hydroxylation sites is 1. The Bertz CT molecular complexity index is 859. The zero-order valence-corrected chi connectivity index (χ0v) is 17.2. The number of benzene rings is 1. The third kappa shape index (κ3) is 6.30. The molecule has 10 nitrogen and oxygen atoms in total. The van der Waals surface area contributed by atoms with Gasteiger partial charge in [-0.3, -0.25) is 4.79 Å². The van der Waals surface area contributed by atoms with E-state index >= 15 is 0 Å². The molecule has 10 heteroatoms. The number of esters is 1. The fourth-order valence-electron chi connectivity index (χ4n) is 2.11. The maximum atomic E-state index is 12.7. The first-order chi connectivity index (χ1) is 13.6. The van der Waals surface area contributed by atoms with Gasteiger partial charge in [-0.15, -0.1) is 15.0 Å². The molecule has 1 unspecified atom stereocenters. The van der Waals surface area contributed by atoms with Crippen LogP contribution < -0.4 is 19.5 Å². The van der Waals surface area contributed by atoms with Gasteiger partial charge in [-0.1, -0.05) is 12.1 Å². The van der Waals surface area contributed by atoms with Crippen LogP contribution in [-0.4, -0.2) is 52.7 Å². The highest BCUT2D eigenvalue weighted by Gasteiger charge is 2.24. The molecule has 0 radical (unpaired) electrons. The molecule has 0 saturated heterocycles. The van der Waals surface area contributed by atoms with E-state index in [4.69, 9.17) is 18.9 Å². The summed E-state index contributed by atoms with van der Waals surface area (Å²) in [4.78, 5) is 36.6. The molecule has 156 valence electrons. The fraction of sp³-hybridized carbons (Fsp3) is 0.421. The van der Waals surface area contributed by atoms with Gasteiger partial charge in [-0.2, -0.15) is 0 Å². The smallest absolute Gasteiger partial charge is 0.331 e. The molecule has 0 aliphatic heterocycles. The number of carbonyl (C=O) groups is 2. The summed E-state index contributed by atoms with van der Waals surface area (Å²) < 4.78 is 20.9. The first-order valence-electron chi connectivity index (χ1n) is 8.77. The van der Waals surface area contributed by atoms with E-state index in [0.717, 1.165) is 0 Å². The molecule has 1 atom stereocenters. The van der Waals surface area contributed by atoms with Crippen molar-refractivity contribution in [2.45, 2.75) is 39.3 Å². The quantitative estimate of drug-likeness (QED) is 0.692. The van der Waals surface area contributed by atoms with Crippen molar-refractivity contribution in [3.63, 3.8) is 0 Å². The second kappa shape index (κ2) is 9.18. The van der Waals surface area contributed by atoms with Crippen molar-refractivity contribution in [1.29, 1.82) is 0 Å². The normalized spacial score (nSPS) is 11.9. The van der Waals surface area contributed by atoms with Crippen LogP contribution in [0.5, 0.6) is 23.8 Å². The van der Waals surface area contributed by atoms with Crippen molar-refractivity contribution >= 4 is 11.9 Å². The van der Waals surface area contributed by atoms with Gasteiger partial charge in [-0.05, 0) is 39.8 Å². The van der Waals surface area contributed by atoms with Crippen molar-refractivity contribution < 1.29 is 28.5 Å². The van der Waals surface area contributed by atoms with Crippen LogP contribution in [-0.2, 0) is 9.53 Å². The monoisotopic (exact) mass is 404 g/mol. The molecule has 1 amide bonds. The molecule has 1 aromatic carbocycles. The van der Waals surface area contributed by atoms with Crippen molar-refractivity contribution in [3.05, 3.63) is 29.8 Å². The topological polar surface area (TPSA) is 122 Å². The highest BCUT2D eigenvalue weighted by Crippen LogP contribution is 2.25. The molecule has 2 aromatic rings. The lowest BCUT2D eigenvalue weighted by Gasteiger charge is -2.22. The van der Waals surface area contributed by atoms with E-state index in [-0.39, 0.29) is 29.3 Å². The molecule has 0 aliphatic carbocycles. The lowest BCUT2D eigenvalue weighted by molar-refractivity contribution is -0.156. The van der Waals surface area contributed by atoms with E-state index in [9.17, 15) is 9.59 Å². The Kier molecular flexibility index (Phi) is 6.92. The SMILES string of the molecule is COc1nc(OC)nc(Oc2ccccc2C(=O)NC(C)C(=O)OC(C)(C)C)n1. The molecular weight excluding hydrogens is 380 g/mol. The molecule has 29 heavy (non-hydrogen) atoms. The Hall–Kier alpha value is -3.43. The van der Waals surface area contributed by atoms with Crippen LogP contribution in [0.2, 0.25) is 0 Å². The third-order valence-electron chi connectivity index (χ3n) is 3.38. The van der Waals surface area contributed by atoms with Gasteiger partial charge in [0.1, 0.15) is 17.4 Å². The average molecular weight is 404 g/mol. The number of hydrogen-bond donors (Lipinski definition) is 1. The van der Waals surface area contributed by atoms with Crippen LogP contribution in [0.4, 0.5) is 0 Å². The van der Waals surface area contributed by atoms with Crippen molar-refractivity contribution in [3.8, 4) is 23.8 Å².